The number of nitrogens with zero attached hydrogens (tertiary/aromatic N) is 1. The van der Waals surface area contributed by atoms with E-state index in [0.29, 0.717) is 27.8 Å². The Morgan fingerprint density at radius 3 is 2.46 bits per heavy atom. The van der Waals surface area contributed by atoms with Gasteiger partial charge in [0.25, 0.3) is 5.91 Å². The van der Waals surface area contributed by atoms with E-state index < -0.39 is 10.0 Å². The third-order valence-corrected chi connectivity index (χ3v) is 6.20. The Morgan fingerprint density at radius 2 is 1.82 bits per heavy atom. The Labute approximate surface area is 169 Å². The van der Waals surface area contributed by atoms with Crippen LogP contribution in [0.5, 0.6) is 0 Å². The van der Waals surface area contributed by atoms with Crippen molar-refractivity contribution < 1.29 is 18.0 Å². The largest absolute Gasteiger partial charge is 0.326 e. The van der Waals surface area contributed by atoms with E-state index in [-0.39, 0.29) is 23.1 Å². The Bertz CT molecular complexity index is 1070. The van der Waals surface area contributed by atoms with E-state index in [2.05, 4.69) is 15.6 Å². The molecule has 0 spiro atoms. The zero-order valence-electron chi connectivity index (χ0n) is 14.4. The average Bonchev–Trinajstić information content (AvgIpc) is 3.32. The van der Waals surface area contributed by atoms with E-state index in [1.165, 1.54) is 46.9 Å². The van der Waals surface area contributed by atoms with Crippen LogP contribution in [-0.4, -0.2) is 25.2 Å². The summed E-state index contributed by atoms with van der Waals surface area (Å²) in [6.07, 6.45) is 0.603. The lowest BCUT2D eigenvalue weighted by Gasteiger charge is -2.05. The number of thiophene rings is 1. The summed E-state index contributed by atoms with van der Waals surface area (Å²) in [5.74, 6) is -0.447. The monoisotopic (exact) mass is 436 g/mol. The van der Waals surface area contributed by atoms with Gasteiger partial charge in [-0.15, -0.1) is 22.7 Å². The second kappa shape index (κ2) is 8.61. The molecule has 0 radical (unpaired) electrons. The molecule has 0 aliphatic carbocycles. The van der Waals surface area contributed by atoms with Gasteiger partial charge in [0.2, 0.25) is 15.9 Å². The van der Waals surface area contributed by atoms with Crippen LogP contribution in [0.4, 0.5) is 10.8 Å². The summed E-state index contributed by atoms with van der Waals surface area (Å²) in [4.78, 5) is 28.9. The average molecular weight is 437 g/mol. The number of hydrogen-bond donors (Lipinski definition) is 3. The highest BCUT2D eigenvalue weighted by Crippen LogP contribution is 2.19. The highest BCUT2D eigenvalue weighted by atomic mass is 32.2. The van der Waals surface area contributed by atoms with E-state index in [1.807, 2.05) is 5.38 Å². The topological polar surface area (TPSA) is 131 Å². The Kier molecular flexibility index (Phi) is 6.19. The SMILES string of the molecule is NS(=O)(=O)c1ccc(NC(=O)CCc2csc(NC(=O)c3cccs3)n2)cc1. The number of thiazole rings is 1. The summed E-state index contributed by atoms with van der Waals surface area (Å²) >= 11 is 2.64. The van der Waals surface area contributed by atoms with Crippen molar-refractivity contribution in [1.82, 2.24) is 4.98 Å². The molecular formula is C17H16N4O4S3. The third kappa shape index (κ3) is 5.45. The predicted octanol–water partition coefficient (Wildman–Crippen LogP) is 2.68. The maximum Gasteiger partial charge on any atom is 0.267 e. The number of nitrogens with two attached hydrogens (primary N) is 1. The van der Waals surface area contributed by atoms with Gasteiger partial charge in [-0.3, -0.25) is 14.9 Å². The zero-order valence-corrected chi connectivity index (χ0v) is 16.9. The molecular weight excluding hydrogens is 420 g/mol. The second-order valence-electron chi connectivity index (χ2n) is 5.69. The van der Waals surface area contributed by atoms with E-state index in [0.717, 1.165) is 0 Å². The first-order valence-corrected chi connectivity index (χ1v) is 11.3. The van der Waals surface area contributed by atoms with E-state index in [1.54, 1.807) is 17.5 Å². The smallest absolute Gasteiger partial charge is 0.267 e. The first-order chi connectivity index (χ1) is 13.3. The molecule has 2 amide bonds. The number of hydrogen-bond acceptors (Lipinski definition) is 7. The zero-order chi connectivity index (χ0) is 20.1. The summed E-state index contributed by atoms with van der Waals surface area (Å²) in [5.41, 5.74) is 1.17. The number of aryl methyl sites for hydroxylation is 1. The number of amides is 2. The van der Waals surface area contributed by atoms with Crippen LogP contribution in [0.25, 0.3) is 0 Å². The molecule has 0 atom stereocenters. The summed E-state index contributed by atoms with van der Waals surface area (Å²) in [6.45, 7) is 0. The molecule has 0 aliphatic rings. The van der Waals surface area contributed by atoms with Crippen LogP contribution in [0.15, 0.2) is 52.1 Å². The minimum absolute atomic E-state index is 0.0231. The highest BCUT2D eigenvalue weighted by molar-refractivity contribution is 7.89. The minimum Gasteiger partial charge on any atom is -0.326 e. The number of aromatic nitrogens is 1. The van der Waals surface area contributed by atoms with Crippen LogP contribution in [0.1, 0.15) is 21.8 Å². The number of benzene rings is 1. The molecule has 0 unspecified atom stereocenters. The van der Waals surface area contributed by atoms with Crippen LogP contribution >= 0.6 is 22.7 Å². The number of rotatable bonds is 7. The minimum atomic E-state index is -3.76. The van der Waals surface area contributed by atoms with E-state index >= 15 is 0 Å². The fraction of sp³-hybridized carbons (Fsp3) is 0.118. The maximum absolute atomic E-state index is 12.1. The first-order valence-electron chi connectivity index (χ1n) is 8.03. The lowest BCUT2D eigenvalue weighted by Crippen LogP contribution is -2.14. The Morgan fingerprint density at radius 1 is 1.07 bits per heavy atom. The van der Waals surface area contributed by atoms with Crippen LogP contribution in [0, 0.1) is 0 Å². The highest BCUT2D eigenvalue weighted by Gasteiger charge is 2.11. The number of anilines is 2. The molecule has 146 valence electrons. The van der Waals surface area contributed by atoms with Gasteiger partial charge in [-0.25, -0.2) is 18.5 Å². The van der Waals surface area contributed by atoms with Gasteiger partial charge < -0.3 is 5.32 Å². The molecule has 3 rings (SSSR count). The molecule has 0 bridgehead atoms. The molecule has 1 aromatic carbocycles. The molecule has 0 saturated carbocycles. The molecule has 3 aromatic rings. The standard InChI is InChI=1S/C17H16N4O4S3/c18-28(24,25)13-6-3-11(4-7-13)19-15(22)8-5-12-10-27-17(20-12)21-16(23)14-2-1-9-26-14/h1-4,6-7,9-10H,5,8H2,(H,19,22)(H2,18,24,25)(H,20,21,23). The van der Waals surface area contributed by atoms with E-state index in [4.69, 9.17) is 5.14 Å². The van der Waals surface area contributed by atoms with Gasteiger partial charge in [0.05, 0.1) is 15.5 Å². The Hall–Kier alpha value is -2.60. The van der Waals surface area contributed by atoms with Crippen molar-refractivity contribution in [2.75, 3.05) is 10.6 Å². The predicted molar refractivity (Wildman–Crippen MR) is 109 cm³/mol. The van der Waals surface area contributed by atoms with Gasteiger partial charge in [0.1, 0.15) is 0 Å². The summed E-state index contributed by atoms with van der Waals surface area (Å²) in [6, 6.07) is 9.13. The summed E-state index contributed by atoms with van der Waals surface area (Å²) in [7, 11) is -3.76. The number of carbonyl (C=O) groups is 2. The number of primary sulfonamides is 1. The fourth-order valence-electron chi connectivity index (χ4n) is 2.24. The van der Waals surface area contributed by atoms with Gasteiger partial charge >= 0.3 is 0 Å². The fourth-order valence-corrected chi connectivity index (χ4v) is 4.11. The number of nitrogens with one attached hydrogen (secondary N) is 2. The van der Waals surface area contributed by atoms with Crippen molar-refractivity contribution in [3.63, 3.8) is 0 Å². The lowest BCUT2D eigenvalue weighted by atomic mass is 10.2. The van der Waals surface area contributed by atoms with Crippen LogP contribution in [0.2, 0.25) is 0 Å². The summed E-state index contributed by atoms with van der Waals surface area (Å²) < 4.78 is 22.4. The molecule has 28 heavy (non-hydrogen) atoms. The maximum atomic E-state index is 12.1. The van der Waals surface area contributed by atoms with Gasteiger partial charge in [0, 0.05) is 17.5 Å². The molecule has 0 saturated heterocycles. The van der Waals surface area contributed by atoms with Crippen molar-refractivity contribution in [2.45, 2.75) is 17.7 Å². The first kappa shape index (κ1) is 20.1. The van der Waals surface area contributed by atoms with Gasteiger partial charge in [0.15, 0.2) is 5.13 Å². The van der Waals surface area contributed by atoms with Crippen LogP contribution in [-0.2, 0) is 21.2 Å². The lowest BCUT2D eigenvalue weighted by molar-refractivity contribution is -0.116. The van der Waals surface area contributed by atoms with Crippen molar-refractivity contribution in [3.8, 4) is 0 Å². The number of sulfonamides is 1. The van der Waals surface area contributed by atoms with Gasteiger partial charge in [-0.2, -0.15) is 0 Å². The van der Waals surface area contributed by atoms with Crippen LogP contribution in [0.3, 0.4) is 0 Å². The number of carbonyl (C=O) groups excluding carboxylic acids is 2. The van der Waals surface area contributed by atoms with Crippen molar-refractivity contribution in [1.29, 1.82) is 0 Å². The van der Waals surface area contributed by atoms with Gasteiger partial charge in [-0.05, 0) is 42.1 Å². The van der Waals surface area contributed by atoms with Crippen molar-refractivity contribution in [3.05, 3.63) is 57.7 Å². The molecule has 0 aliphatic heterocycles. The molecule has 8 nitrogen and oxygen atoms in total. The third-order valence-electron chi connectivity index (χ3n) is 3.59. The normalized spacial score (nSPS) is 11.2. The molecule has 11 heteroatoms. The molecule has 4 N–H and O–H groups in total. The molecule has 2 aromatic heterocycles. The Balaban J connectivity index is 1.50. The van der Waals surface area contributed by atoms with Crippen molar-refractivity contribution >= 4 is 55.3 Å². The van der Waals surface area contributed by atoms with E-state index in [9.17, 15) is 18.0 Å². The second-order valence-corrected chi connectivity index (χ2v) is 9.06. The summed E-state index contributed by atoms with van der Waals surface area (Å²) in [5, 5.41) is 14.5. The molecule has 2 heterocycles. The van der Waals surface area contributed by atoms with Crippen molar-refractivity contribution in [2.24, 2.45) is 5.14 Å². The molecule has 0 fully saturated rings. The van der Waals surface area contributed by atoms with Gasteiger partial charge in [-0.1, -0.05) is 6.07 Å². The quantitative estimate of drug-likeness (QED) is 0.524. The van der Waals surface area contributed by atoms with Crippen LogP contribution < -0.4 is 15.8 Å².